The third-order valence-corrected chi connectivity index (χ3v) is 17.2. The van der Waals surface area contributed by atoms with Gasteiger partial charge in [0.2, 0.25) is 5.89 Å². The lowest BCUT2D eigenvalue weighted by molar-refractivity contribution is -0.127. The molecule has 1 saturated heterocycles. The molecule has 0 radical (unpaired) electrons. The summed E-state index contributed by atoms with van der Waals surface area (Å²) in [5.41, 5.74) is -0.248. The summed E-state index contributed by atoms with van der Waals surface area (Å²) in [7, 11) is -3.61. The molecule has 7 rings (SSSR count). The number of thiophene rings is 1. The van der Waals surface area contributed by atoms with Crippen molar-refractivity contribution in [1.82, 2.24) is 14.1 Å². The van der Waals surface area contributed by atoms with Gasteiger partial charge in [-0.2, -0.15) is 0 Å². The number of ether oxygens (including phenoxy) is 2. The topological polar surface area (TPSA) is 126 Å². The lowest BCUT2D eigenvalue weighted by atomic mass is 9.91. The van der Waals surface area contributed by atoms with Gasteiger partial charge in [-0.1, -0.05) is 98.8 Å². The van der Waals surface area contributed by atoms with Crippen molar-refractivity contribution in [3.05, 3.63) is 135 Å². The molecule has 3 aromatic heterocycles. The smallest absolute Gasteiger partial charge is 0.333 e. The van der Waals surface area contributed by atoms with E-state index in [1.165, 1.54) is 17.6 Å². The van der Waals surface area contributed by atoms with Gasteiger partial charge in [0.15, 0.2) is 5.78 Å². The Hall–Kier alpha value is -4.72. The molecule has 1 N–H and O–H groups in total. The number of oxazole rings is 1. The van der Waals surface area contributed by atoms with Gasteiger partial charge in [-0.05, 0) is 72.6 Å². The highest BCUT2D eigenvalue weighted by Crippen LogP contribution is 2.42. The second kappa shape index (κ2) is 15.7. The van der Waals surface area contributed by atoms with Crippen LogP contribution in [0.15, 0.2) is 111 Å². The van der Waals surface area contributed by atoms with Gasteiger partial charge in [0.25, 0.3) is 13.9 Å². The molecule has 0 unspecified atom stereocenters. The Balaban J connectivity index is 1.38. The lowest BCUT2D eigenvalue weighted by Crippen LogP contribution is -2.66. The maximum absolute atomic E-state index is 15.1. The fourth-order valence-electron chi connectivity index (χ4n) is 8.09. The lowest BCUT2D eigenvalue weighted by Gasteiger charge is -2.42. The zero-order valence-corrected chi connectivity index (χ0v) is 34.6. The van der Waals surface area contributed by atoms with Gasteiger partial charge in [0.05, 0.1) is 29.1 Å². The molecule has 4 heterocycles. The standard InChI is InChI=1S/C44H49N3O7SSi/c1-29-15-13-14-20-34(29)35(54-31-21-24-52-25-22-31)28-46-41-37(30(2)38(55-41)39-45-23-26-53-39)40(49)47(42(46)50)44(5,6)36(48)27-43(3,4)56(51,32-16-9-7-10-17-32)33-18-11-8-12-19-33/h7-20,23,26,31,35,51H,21-22,24-25,27-28H2,1-6H3/t35-/m0/s1. The van der Waals surface area contributed by atoms with E-state index < -0.39 is 36.2 Å². The van der Waals surface area contributed by atoms with Crippen molar-refractivity contribution in [3.63, 3.8) is 0 Å². The summed E-state index contributed by atoms with van der Waals surface area (Å²) in [6.45, 7) is 12.2. The number of aryl methyl sites for hydroxylation is 2. The second-order valence-electron chi connectivity index (χ2n) is 15.9. The van der Waals surface area contributed by atoms with Crippen molar-refractivity contribution in [1.29, 1.82) is 0 Å². The number of Topliss-reactive ketones (excluding diaryl/α,β-unsaturated/α-hetero) is 1. The Kier molecular flexibility index (Phi) is 11.1. The first kappa shape index (κ1) is 39.5. The first-order chi connectivity index (χ1) is 26.8. The molecule has 10 nitrogen and oxygen atoms in total. The summed E-state index contributed by atoms with van der Waals surface area (Å²) in [5, 5.41) is 0.891. The van der Waals surface area contributed by atoms with Crippen molar-refractivity contribution < 1.29 is 23.5 Å². The number of carbonyl (C=O) groups is 1. The molecule has 292 valence electrons. The van der Waals surface area contributed by atoms with Crippen LogP contribution in [0.3, 0.4) is 0 Å². The Morgan fingerprint density at radius 1 is 0.946 bits per heavy atom. The molecular formula is C44H49N3O7SSi. The molecule has 0 amide bonds. The van der Waals surface area contributed by atoms with E-state index in [1.54, 1.807) is 24.6 Å². The highest BCUT2D eigenvalue weighted by atomic mass is 32.1. The molecule has 56 heavy (non-hydrogen) atoms. The number of rotatable bonds is 13. The molecule has 1 aliphatic rings. The second-order valence-corrected chi connectivity index (χ2v) is 20.8. The van der Waals surface area contributed by atoms with E-state index in [1.807, 2.05) is 113 Å². The number of benzene rings is 3. The highest BCUT2D eigenvalue weighted by molar-refractivity contribution is 7.22. The number of carbonyl (C=O) groups excluding carboxylic acids is 1. The van der Waals surface area contributed by atoms with E-state index in [0.29, 0.717) is 39.8 Å². The van der Waals surface area contributed by atoms with Crippen LogP contribution in [0.5, 0.6) is 0 Å². The van der Waals surface area contributed by atoms with Crippen molar-refractivity contribution in [3.8, 4) is 10.8 Å². The van der Waals surface area contributed by atoms with Crippen molar-refractivity contribution in [2.24, 2.45) is 0 Å². The van der Waals surface area contributed by atoms with Gasteiger partial charge in [-0.3, -0.25) is 14.2 Å². The summed E-state index contributed by atoms with van der Waals surface area (Å²) in [5.74, 6) is -0.00850. The fraction of sp³-hybridized carbons (Fsp3) is 0.364. The number of hydrogen-bond donors (Lipinski definition) is 1. The van der Waals surface area contributed by atoms with Crippen molar-refractivity contribution in [2.45, 2.75) is 90.1 Å². The number of ketones is 1. The molecule has 1 fully saturated rings. The number of nitrogens with zero attached hydrogens (tertiary/aromatic N) is 3. The minimum Gasteiger partial charge on any atom is -0.444 e. The van der Waals surface area contributed by atoms with Crippen molar-refractivity contribution >= 4 is 46.0 Å². The van der Waals surface area contributed by atoms with Crippen LogP contribution in [-0.2, 0) is 26.4 Å². The average molecular weight is 792 g/mol. The number of aromatic nitrogens is 3. The first-order valence-corrected chi connectivity index (χ1v) is 21.9. The summed E-state index contributed by atoms with van der Waals surface area (Å²) >= 11 is 1.27. The van der Waals surface area contributed by atoms with E-state index >= 15 is 4.79 Å². The van der Waals surface area contributed by atoms with Gasteiger partial charge in [-0.25, -0.2) is 14.3 Å². The summed E-state index contributed by atoms with van der Waals surface area (Å²) in [6, 6.07) is 26.9. The quantitative estimate of drug-likeness (QED) is 0.129. The van der Waals surface area contributed by atoms with E-state index in [0.717, 1.165) is 38.9 Å². The van der Waals surface area contributed by atoms with Crippen LogP contribution >= 0.6 is 11.3 Å². The third kappa shape index (κ3) is 7.09. The van der Waals surface area contributed by atoms with E-state index in [4.69, 9.17) is 13.9 Å². The van der Waals surface area contributed by atoms with Crippen LogP contribution in [0.1, 0.15) is 69.8 Å². The molecule has 0 aliphatic carbocycles. The molecule has 1 aliphatic heterocycles. The molecular weight excluding hydrogens is 743 g/mol. The van der Waals surface area contributed by atoms with Gasteiger partial charge < -0.3 is 18.7 Å². The Morgan fingerprint density at radius 2 is 1.55 bits per heavy atom. The largest absolute Gasteiger partial charge is 0.444 e. The van der Waals surface area contributed by atoms with Gasteiger partial charge in [0.1, 0.15) is 22.7 Å². The number of fused-ring (bicyclic) bond motifs is 1. The number of hydrogen-bond acceptors (Lipinski definition) is 9. The van der Waals surface area contributed by atoms with Gasteiger partial charge in [0, 0.05) is 19.6 Å². The predicted molar refractivity (Wildman–Crippen MR) is 223 cm³/mol. The third-order valence-electron chi connectivity index (χ3n) is 11.5. The van der Waals surface area contributed by atoms with Crippen LogP contribution in [0.2, 0.25) is 5.04 Å². The zero-order valence-electron chi connectivity index (χ0n) is 32.8. The summed E-state index contributed by atoms with van der Waals surface area (Å²) in [6.07, 6.45) is 3.72. The molecule has 12 heteroatoms. The first-order valence-electron chi connectivity index (χ1n) is 19.1. The van der Waals surface area contributed by atoms with E-state index in [9.17, 15) is 14.4 Å². The predicted octanol–water partition coefficient (Wildman–Crippen LogP) is 6.66. The van der Waals surface area contributed by atoms with Crippen molar-refractivity contribution in [2.75, 3.05) is 13.2 Å². The summed E-state index contributed by atoms with van der Waals surface area (Å²) in [4.78, 5) is 63.2. The maximum Gasteiger partial charge on any atom is 0.333 e. The zero-order chi connectivity index (χ0) is 39.8. The van der Waals surface area contributed by atoms with Gasteiger partial charge in [-0.15, -0.1) is 11.3 Å². The Morgan fingerprint density at radius 3 is 2.14 bits per heavy atom. The minimum atomic E-state index is -3.61. The van der Waals surface area contributed by atoms with E-state index in [2.05, 4.69) is 4.98 Å². The Bertz CT molecular complexity index is 2410. The minimum absolute atomic E-state index is 0.0872. The molecule has 0 saturated carbocycles. The normalized spacial score (nSPS) is 15.0. The van der Waals surface area contributed by atoms with Crippen LogP contribution in [0.4, 0.5) is 0 Å². The SMILES string of the molecule is Cc1ccccc1[C@H](Cn1c(=O)n(C(C)(C)C(=O)CC(C)(C)[Si](O)(c2ccccc2)c2ccccc2)c(=O)c2c(C)c(-c3ncco3)sc21)OC1CCOCC1. The van der Waals surface area contributed by atoms with Crippen LogP contribution in [0.25, 0.3) is 21.0 Å². The monoisotopic (exact) mass is 791 g/mol. The average Bonchev–Trinajstić information content (AvgIpc) is 3.85. The van der Waals surface area contributed by atoms with Gasteiger partial charge >= 0.3 is 5.69 Å². The molecule has 0 bridgehead atoms. The molecule has 6 aromatic rings. The van der Waals surface area contributed by atoms with Crippen LogP contribution in [-0.4, -0.2) is 52.3 Å². The van der Waals surface area contributed by atoms with E-state index in [-0.39, 0.29) is 24.9 Å². The van der Waals surface area contributed by atoms with Crippen LogP contribution < -0.4 is 21.6 Å². The molecule has 1 atom stereocenters. The molecule has 0 spiro atoms. The highest BCUT2D eigenvalue weighted by Gasteiger charge is 2.52. The summed E-state index contributed by atoms with van der Waals surface area (Å²) < 4.78 is 20.8. The molecule has 3 aromatic carbocycles. The van der Waals surface area contributed by atoms with Crippen LogP contribution in [0, 0.1) is 13.8 Å². The fourth-order valence-corrected chi connectivity index (χ4v) is 13.0. The maximum atomic E-state index is 15.1. The Labute approximate surface area is 331 Å².